The van der Waals surface area contributed by atoms with E-state index in [2.05, 4.69) is 5.10 Å². The Labute approximate surface area is 173 Å². The molecule has 1 aromatic carbocycles. The highest BCUT2D eigenvalue weighted by Crippen LogP contribution is 2.37. The van der Waals surface area contributed by atoms with Gasteiger partial charge in [-0.25, -0.2) is 13.2 Å². The number of fused-ring (bicyclic) bond motifs is 1. The summed E-state index contributed by atoms with van der Waals surface area (Å²) in [4.78, 5) is 12.1. The second kappa shape index (κ2) is 7.62. The van der Waals surface area contributed by atoms with Crippen molar-refractivity contribution in [3.8, 4) is 0 Å². The molecule has 156 valence electrons. The molecule has 0 N–H and O–H groups in total. The molecule has 0 spiro atoms. The molecule has 0 bridgehead atoms. The molecule has 1 aliphatic heterocycles. The van der Waals surface area contributed by atoms with Crippen LogP contribution in [-0.4, -0.2) is 33.6 Å². The molecular weight excluding hydrogens is 416 g/mol. The molecule has 10 heteroatoms. The third-order valence-electron chi connectivity index (χ3n) is 5.52. The van der Waals surface area contributed by atoms with Gasteiger partial charge in [0.25, 0.3) is 0 Å². The maximum atomic E-state index is 13.6. The van der Waals surface area contributed by atoms with Crippen LogP contribution in [0, 0.1) is 0 Å². The monoisotopic (exact) mass is 438 g/mol. The number of halogens is 1. The summed E-state index contributed by atoms with van der Waals surface area (Å²) >= 11 is 6.35. The van der Waals surface area contributed by atoms with E-state index in [0.29, 0.717) is 35.7 Å². The predicted octanol–water partition coefficient (Wildman–Crippen LogP) is 3.31. The van der Waals surface area contributed by atoms with Crippen molar-refractivity contribution >= 4 is 32.7 Å². The fraction of sp³-hybridized carbons (Fsp3) is 0.474. The van der Waals surface area contributed by atoms with E-state index in [1.165, 1.54) is 21.0 Å². The smallest absolute Gasteiger partial charge is 0.408 e. The molecule has 1 atom stereocenters. The molecule has 1 saturated heterocycles. The van der Waals surface area contributed by atoms with Crippen molar-refractivity contribution in [2.24, 2.45) is 7.05 Å². The Kier molecular flexibility index (Phi) is 5.30. The van der Waals surface area contributed by atoms with Crippen LogP contribution >= 0.6 is 11.6 Å². The highest BCUT2D eigenvalue weighted by atomic mass is 35.5. The molecule has 2 aromatic heterocycles. The fourth-order valence-electron chi connectivity index (χ4n) is 4.08. The molecule has 3 aromatic rings. The third kappa shape index (κ3) is 3.41. The Morgan fingerprint density at radius 2 is 2.07 bits per heavy atom. The third-order valence-corrected chi connectivity index (χ3v) is 7.71. The van der Waals surface area contributed by atoms with Crippen molar-refractivity contribution in [2.75, 3.05) is 6.54 Å². The van der Waals surface area contributed by atoms with Crippen LogP contribution in [-0.2, 0) is 23.6 Å². The van der Waals surface area contributed by atoms with Crippen molar-refractivity contribution in [1.29, 1.82) is 0 Å². The van der Waals surface area contributed by atoms with E-state index in [1.807, 2.05) is 6.92 Å². The maximum absolute atomic E-state index is 13.6. The summed E-state index contributed by atoms with van der Waals surface area (Å²) in [6.45, 7) is 2.68. The molecule has 1 aliphatic rings. The number of aromatic nitrogens is 3. The van der Waals surface area contributed by atoms with Crippen LogP contribution < -0.4 is 5.76 Å². The zero-order valence-electron chi connectivity index (χ0n) is 16.3. The summed E-state index contributed by atoms with van der Waals surface area (Å²) in [5.41, 5.74) is 1.54. The van der Waals surface area contributed by atoms with Gasteiger partial charge in [0.2, 0.25) is 10.0 Å². The van der Waals surface area contributed by atoms with Crippen LogP contribution in [0.25, 0.3) is 11.1 Å². The topological polar surface area (TPSA) is 90.3 Å². The first-order valence-electron chi connectivity index (χ1n) is 9.67. The number of benzene rings is 1. The van der Waals surface area contributed by atoms with E-state index in [0.717, 1.165) is 19.3 Å². The highest BCUT2D eigenvalue weighted by Gasteiger charge is 2.36. The molecule has 3 heterocycles. The van der Waals surface area contributed by atoms with Crippen LogP contribution in [0.4, 0.5) is 0 Å². The Balaban J connectivity index is 1.81. The molecule has 0 unspecified atom stereocenters. The van der Waals surface area contributed by atoms with Gasteiger partial charge in [-0.05, 0) is 31.9 Å². The Hall–Kier alpha value is -2.10. The van der Waals surface area contributed by atoms with E-state index >= 15 is 0 Å². The van der Waals surface area contributed by atoms with Crippen LogP contribution in [0.15, 0.2) is 38.5 Å². The zero-order valence-corrected chi connectivity index (χ0v) is 17.9. The van der Waals surface area contributed by atoms with Crippen molar-refractivity contribution < 1.29 is 12.8 Å². The molecule has 0 radical (unpaired) electrons. The standard InChI is InChI=1S/C19H23ClN4O4S/c1-3-23-15-9-8-13(11-17(15)28-19(23)25)29(26,27)24-10-6-4-5-7-16(24)18-14(20)12-21-22(18)2/h8-9,11-12,16H,3-7,10H2,1-2H3/t16-/m0/s1. The lowest BCUT2D eigenvalue weighted by Crippen LogP contribution is -2.35. The van der Waals surface area contributed by atoms with Gasteiger partial charge in [0.05, 0.1) is 33.4 Å². The fourth-order valence-corrected chi connectivity index (χ4v) is 6.05. The minimum absolute atomic E-state index is 0.104. The largest absolute Gasteiger partial charge is 0.419 e. The molecule has 8 nitrogen and oxygen atoms in total. The molecule has 4 rings (SSSR count). The van der Waals surface area contributed by atoms with E-state index in [9.17, 15) is 13.2 Å². The molecule has 29 heavy (non-hydrogen) atoms. The van der Waals surface area contributed by atoms with Crippen molar-refractivity contribution in [3.63, 3.8) is 0 Å². The average molecular weight is 439 g/mol. The first kappa shape index (κ1) is 20.2. The normalized spacial score (nSPS) is 18.9. The van der Waals surface area contributed by atoms with Gasteiger partial charge in [0.1, 0.15) is 0 Å². The van der Waals surface area contributed by atoms with Crippen molar-refractivity contribution in [2.45, 2.75) is 50.1 Å². The molecular formula is C19H23ClN4O4S. The number of hydrogen-bond acceptors (Lipinski definition) is 5. The zero-order chi connectivity index (χ0) is 20.8. The van der Waals surface area contributed by atoms with Gasteiger partial charge in [-0.1, -0.05) is 24.4 Å². The lowest BCUT2D eigenvalue weighted by molar-refractivity contribution is 0.315. The summed E-state index contributed by atoms with van der Waals surface area (Å²) in [7, 11) is -2.06. The summed E-state index contributed by atoms with van der Waals surface area (Å²) in [5.74, 6) is -0.494. The lowest BCUT2D eigenvalue weighted by Gasteiger charge is -2.29. The minimum atomic E-state index is -3.83. The second-order valence-corrected chi connectivity index (χ2v) is 9.52. The second-order valence-electron chi connectivity index (χ2n) is 7.22. The van der Waals surface area contributed by atoms with Gasteiger partial charge < -0.3 is 4.42 Å². The molecule has 0 aliphatic carbocycles. The van der Waals surface area contributed by atoms with Crippen LogP contribution in [0.2, 0.25) is 5.02 Å². The number of oxazole rings is 1. The Bertz CT molecular complexity index is 1190. The Morgan fingerprint density at radius 3 is 2.76 bits per heavy atom. The van der Waals surface area contributed by atoms with Crippen LogP contribution in [0.3, 0.4) is 0 Å². The van der Waals surface area contributed by atoms with E-state index in [4.69, 9.17) is 16.0 Å². The van der Waals surface area contributed by atoms with Gasteiger partial charge in [-0.3, -0.25) is 9.25 Å². The van der Waals surface area contributed by atoms with Crippen LogP contribution in [0.5, 0.6) is 0 Å². The number of hydrogen-bond donors (Lipinski definition) is 0. The first-order valence-corrected chi connectivity index (χ1v) is 11.5. The number of sulfonamides is 1. The van der Waals surface area contributed by atoms with E-state index in [-0.39, 0.29) is 10.5 Å². The number of aryl methyl sites for hydroxylation is 2. The average Bonchev–Trinajstić information content (AvgIpc) is 3.06. The number of rotatable bonds is 4. The van der Waals surface area contributed by atoms with Gasteiger partial charge in [0.15, 0.2) is 5.58 Å². The predicted molar refractivity (Wildman–Crippen MR) is 109 cm³/mol. The summed E-state index contributed by atoms with van der Waals surface area (Å²) < 4.78 is 37.1. The van der Waals surface area contributed by atoms with Gasteiger partial charge >= 0.3 is 5.76 Å². The van der Waals surface area contributed by atoms with Crippen molar-refractivity contribution in [1.82, 2.24) is 18.7 Å². The Morgan fingerprint density at radius 1 is 1.28 bits per heavy atom. The maximum Gasteiger partial charge on any atom is 0.419 e. The molecule has 1 fully saturated rings. The quantitative estimate of drug-likeness (QED) is 0.623. The highest BCUT2D eigenvalue weighted by molar-refractivity contribution is 7.89. The lowest BCUT2D eigenvalue weighted by atomic mass is 10.1. The summed E-state index contributed by atoms with van der Waals surface area (Å²) in [6, 6.07) is 4.20. The summed E-state index contributed by atoms with van der Waals surface area (Å²) in [5, 5.41) is 4.64. The first-order chi connectivity index (χ1) is 13.8. The number of nitrogens with zero attached hydrogens (tertiary/aromatic N) is 4. The van der Waals surface area contributed by atoms with Gasteiger partial charge in [-0.2, -0.15) is 9.40 Å². The van der Waals surface area contributed by atoms with E-state index in [1.54, 1.807) is 24.0 Å². The SMILES string of the molecule is CCn1c(=O)oc2cc(S(=O)(=O)N3CCCCC[C@H]3c3c(Cl)cnn3C)ccc21. The summed E-state index contributed by atoms with van der Waals surface area (Å²) in [6.07, 6.45) is 4.84. The molecule has 0 saturated carbocycles. The van der Waals surface area contributed by atoms with Gasteiger partial charge in [-0.15, -0.1) is 0 Å². The van der Waals surface area contributed by atoms with Crippen molar-refractivity contribution in [3.05, 3.63) is 45.7 Å². The van der Waals surface area contributed by atoms with Gasteiger partial charge in [0, 0.05) is 26.2 Å². The van der Waals surface area contributed by atoms with Crippen LogP contribution in [0.1, 0.15) is 44.3 Å². The van der Waals surface area contributed by atoms with E-state index < -0.39 is 21.8 Å². The molecule has 0 amide bonds. The minimum Gasteiger partial charge on any atom is -0.408 e.